The number of carbonyl (C=O) groups is 1. The third-order valence-corrected chi connectivity index (χ3v) is 6.02. The Balaban J connectivity index is 1.67. The van der Waals surface area contributed by atoms with Crippen molar-refractivity contribution in [1.29, 1.82) is 0 Å². The predicted octanol–water partition coefficient (Wildman–Crippen LogP) is 7.64. The van der Waals surface area contributed by atoms with Crippen molar-refractivity contribution < 1.29 is 9.72 Å². The highest BCUT2D eigenvalue weighted by Crippen LogP contribution is 2.33. The zero-order chi connectivity index (χ0) is 23.3. The third-order valence-electron chi connectivity index (χ3n) is 5.01. The standard InChI is InChI=1S/C25H27N3O3S/c1-16(2)22-6-5-7-23(17(3)4)24(22)27-25(29)26-18-8-12-20(13-9-18)32-21-14-10-19(11-15-21)28(30)31/h5-17H,1-4H3,(H2,26,27,29). The first kappa shape index (κ1) is 23.3. The third kappa shape index (κ3) is 5.88. The predicted molar refractivity (Wildman–Crippen MR) is 131 cm³/mol. The Kier molecular flexibility index (Phi) is 7.53. The summed E-state index contributed by atoms with van der Waals surface area (Å²) in [6, 6.07) is 19.8. The maximum absolute atomic E-state index is 12.7. The highest BCUT2D eigenvalue weighted by atomic mass is 32.2. The van der Waals surface area contributed by atoms with E-state index >= 15 is 0 Å². The summed E-state index contributed by atoms with van der Waals surface area (Å²) in [5.41, 5.74) is 3.85. The number of hydrogen-bond donors (Lipinski definition) is 2. The SMILES string of the molecule is CC(C)c1cccc(C(C)C)c1NC(=O)Nc1ccc(Sc2ccc([N+](=O)[O-])cc2)cc1. The quantitative estimate of drug-likeness (QED) is 0.287. The van der Waals surface area contributed by atoms with Crippen molar-refractivity contribution in [2.75, 3.05) is 10.6 Å². The molecule has 0 radical (unpaired) electrons. The van der Waals surface area contributed by atoms with Gasteiger partial charge in [0.1, 0.15) is 0 Å². The van der Waals surface area contributed by atoms with Gasteiger partial charge in [-0.2, -0.15) is 0 Å². The minimum absolute atomic E-state index is 0.0691. The first-order valence-corrected chi connectivity index (χ1v) is 11.3. The molecule has 0 bridgehead atoms. The summed E-state index contributed by atoms with van der Waals surface area (Å²) in [7, 11) is 0. The molecule has 2 N–H and O–H groups in total. The van der Waals surface area contributed by atoms with E-state index in [1.54, 1.807) is 12.1 Å². The maximum atomic E-state index is 12.7. The van der Waals surface area contributed by atoms with Gasteiger partial charge in [0.25, 0.3) is 5.69 Å². The summed E-state index contributed by atoms with van der Waals surface area (Å²) in [6.07, 6.45) is 0. The van der Waals surface area contributed by atoms with Gasteiger partial charge in [-0.3, -0.25) is 10.1 Å². The number of nitrogens with one attached hydrogen (secondary N) is 2. The Bertz CT molecular complexity index is 1070. The van der Waals surface area contributed by atoms with E-state index in [1.807, 2.05) is 30.3 Å². The van der Waals surface area contributed by atoms with Crippen molar-refractivity contribution >= 4 is 34.9 Å². The second-order valence-electron chi connectivity index (χ2n) is 8.08. The van der Waals surface area contributed by atoms with E-state index in [1.165, 1.54) is 23.9 Å². The summed E-state index contributed by atoms with van der Waals surface area (Å²) in [4.78, 5) is 24.9. The summed E-state index contributed by atoms with van der Waals surface area (Å²) < 4.78 is 0. The number of para-hydroxylation sites is 1. The first-order valence-electron chi connectivity index (χ1n) is 10.5. The van der Waals surface area contributed by atoms with Crippen LogP contribution in [0.25, 0.3) is 0 Å². The number of nitrogens with zero attached hydrogens (tertiary/aromatic N) is 1. The van der Waals surface area contributed by atoms with Crippen LogP contribution < -0.4 is 10.6 Å². The Morgan fingerprint density at radius 2 is 1.31 bits per heavy atom. The van der Waals surface area contributed by atoms with Crippen LogP contribution in [0.4, 0.5) is 21.9 Å². The molecular weight excluding hydrogens is 422 g/mol. The number of carbonyl (C=O) groups excluding carboxylic acids is 1. The van der Waals surface area contributed by atoms with Crippen LogP contribution >= 0.6 is 11.8 Å². The molecule has 0 saturated heterocycles. The number of amides is 2. The van der Waals surface area contributed by atoms with E-state index in [0.717, 1.165) is 26.6 Å². The molecule has 0 unspecified atom stereocenters. The first-order chi connectivity index (χ1) is 15.2. The normalized spacial score (nSPS) is 10.9. The number of benzene rings is 3. The van der Waals surface area contributed by atoms with Crippen LogP contribution in [-0.4, -0.2) is 11.0 Å². The summed E-state index contributed by atoms with van der Waals surface area (Å²) in [6.45, 7) is 8.46. The number of non-ortho nitro benzene ring substituents is 1. The fourth-order valence-corrected chi connectivity index (χ4v) is 4.17. The molecule has 0 fully saturated rings. The fraction of sp³-hybridized carbons (Fsp3) is 0.240. The number of nitro benzene ring substituents is 1. The molecule has 3 aromatic rings. The van der Waals surface area contributed by atoms with Crippen LogP contribution in [0.1, 0.15) is 50.7 Å². The average molecular weight is 450 g/mol. The van der Waals surface area contributed by atoms with Gasteiger partial charge in [-0.15, -0.1) is 0 Å². The van der Waals surface area contributed by atoms with Gasteiger partial charge in [0.15, 0.2) is 0 Å². The minimum Gasteiger partial charge on any atom is -0.308 e. The molecular formula is C25H27N3O3S. The molecule has 0 spiro atoms. The molecule has 2 amide bonds. The van der Waals surface area contributed by atoms with Crippen molar-refractivity contribution in [3.05, 3.63) is 88.0 Å². The molecule has 0 aromatic heterocycles. The van der Waals surface area contributed by atoms with Crippen molar-refractivity contribution in [3.8, 4) is 0 Å². The molecule has 0 atom stereocenters. The monoisotopic (exact) mass is 449 g/mol. The zero-order valence-corrected chi connectivity index (χ0v) is 19.4. The minimum atomic E-state index is -0.413. The van der Waals surface area contributed by atoms with E-state index in [0.29, 0.717) is 17.5 Å². The molecule has 6 nitrogen and oxygen atoms in total. The molecule has 7 heteroatoms. The van der Waals surface area contributed by atoms with E-state index < -0.39 is 4.92 Å². The van der Waals surface area contributed by atoms with Gasteiger partial charge < -0.3 is 10.6 Å². The number of hydrogen-bond acceptors (Lipinski definition) is 4. The van der Waals surface area contributed by atoms with Crippen molar-refractivity contribution in [3.63, 3.8) is 0 Å². The number of rotatable bonds is 7. The maximum Gasteiger partial charge on any atom is 0.323 e. The topological polar surface area (TPSA) is 84.3 Å². The second-order valence-corrected chi connectivity index (χ2v) is 9.22. The molecule has 0 heterocycles. The Labute approximate surface area is 192 Å². The largest absolute Gasteiger partial charge is 0.323 e. The van der Waals surface area contributed by atoms with Crippen molar-refractivity contribution in [1.82, 2.24) is 0 Å². The van der Waals surface area contributed by atoms with E-state index in [-0.39, 0.29) is 11.7 Å². The molecule has 3 aromatic carbocycles. The van der Waals surface area contributed by atoms with E-state index in [2.05, 4.69) is 50.5 Å². The van der Waals surface area contributed by atoms with Gasteiger partial charge in [0.05, 0.1) is 4.92 Å². The lowest BCUT2D eigenvalue weighted by Crippen LogP contribution is -2.21. The van der Waals surface area contributed by atoms with Crippen LogP contribution in [0.15, 0.2) is 76.5 Å². The highest BCUT2D eigenvalue weighted by Gasteiger charge is 2.16. The van der Waals surface area contributed by atoms with Gasteiger partial charge in [-0.25, -0.2) is 4.79 Å². The Hall–Kier alpha value is -3.32. The summed E-state index contributed by atoms with van der Waals surface area (Å²) >= 11 is 1.50. The lowest BCUT2D eigenvalue weighted by atomic mass is 9.93. The summed E-state index contributed by atoms with van der Waals surface area (Å²) in [5, 5.41) is 16.7. The summed E-state index contributed by atoms with van der Waals surface area (Å²) in [5.74, 6) is 0.583. The van der Waals surface area contributed by atoms with Gasteiger partial charge in [-0.05, 0) is 59.4 Å². The van der Waals surface area contributed by atoms with E-state index in [4.69, 9.17) is 0 Å². The highest BCUT2D eigenvalue weighted by molar-refractivity contribution is 7.99. The zero-order valence-electron chi connectivity index (χ0n) is 18.6. The number of urea groups is 1. The number of anilines is 2. The molecule has 0 aliphatic heterocycles. The molecule has 32 heavy (non-hydrogen) atoms. The van der Waals surface area contributed by atoms with Crippen LogP contribution in [0, 0.1) is 10.1 Å². The molecule has 0 aliphatic carbocycles. The van der Waals surface area contributed by atoms with Gasteiger partial charge in [0, 0.05) is 33.3 Å². The molecule has 3 rings (SSSR count). The Morgan fingerprint density at radius 1 is 0.812 bits per heavy atom. The van der Waals surface area contributed by atoms with Crippen LogP contribution in [0.3, 0.4) is 0 Å². The number of nitro groups is 1. The molecule has 166 valence electrons. The average Bonchev–Trinajstić information content (AvgIpc) is 2.75. The van der Waals surface area contributed by atoms with Gasteiger partial charge in [0.2, 0.25) is 0 Å². The fourth-order valence-electron chi connectivity index (χ4n) is 3.35. The van der Waals surface area contributed by atoms with Crippen LogP contribution in [0.5, 0.6) is 0 Å². The van der Waals surface area contributed by atoms with Crippen LogP contribution in [0.2, 0.25) is 0 Å². The smallest absolute Gasteiger partial charge is 0.308 e. The van der Waals surface area contributed by atoms with Gasteiger partial charge >= 0.3 is 6.03 Å². The lowest BCUT2D eigenvalue weighted by molar-refractivity contribution is -0.384. The van der Waals surface area contributed by atoms with E-state index in [9.17, 15) is 14.9 Å². The van der Waals surface area contributed by atoms with Crippen molar-refractivity contribution in [2.45, 2.75) is 49.3 Å². The lowest BCUT2D eigenvalue weighted by Gasteiger charge is -2.20. The van der Waals surface area contributed by atoms with Crippen LogP contribution in [-0.2, 0) is 0 Å². The Morgan fingerprint density at radius 3 is 1.78 bits per heavy atom. The second kappa shape index (κ2) is 10.3. The molecule has 0 saturated carbocycles. The van der Waals surface area contributed by atoms with Crippen molar-refractivity contribution in [2.24, 2.45) is 0 Å². The van der Waals surface area contributed by atoms with Gasteiger partial charge in [-0.1, -0.05) is 57.7 Å². The molecule has 0 aliphatic rings.